The molecule has 0 fully saturated rings. The van der Waals surface area contributed by atoms with Crippen LogP contribution in [0.4, 0.5) is 15.8 Å². The number of aliphatic hydroxyl groups is 1. The van der Waals surface area contributed by atoms with Crippen LogP contribution in [0.15, 0.2) is 57.6 Å². The molecule has 0 saturated carbocycles. The van der Waals surface area contributed by atoms with Crippen molar-refractivity contribution in [1.29, 1.82) is 0 Å². The lowest BCUT2D eigenvalue weighted by atomic mass is 10.3. The van der Waals surface area contributed by atoms with Gasteiger partial charge in [-0.2, -0.15) is 10.2 Å². The number of aliphatic hydroxyl groups excluding tert-OH is 1. The molecule has 0 heterocycles. The average Bonchev–Trinajstić information content (AvgIpc) is 2.49. The van der Waals surface area contributed by atoms with Crippen LogP contribution in [0, 0.1) is 5.82 Å². The van der Waals surface area contributed by atoms with Gasteiger partial charge in [0.1, 0.15) is 0 Å². The van der Waals surface area contributed by atoms with Gasteiger partial charge in [0, 0.05) is 6.07 Å². The Hall–Kier alpha value is -2.32. The second kappa shape index (κ2) is 6.63. The van der Waals surface area contributed by atoms with Crippen molar-refractivity contribution in [2.75, 3.05) is 12.4 Å². The van der Waals surface area contributed by atoms with E-state index < -0.39 is 28.0 Å². The van der Waals surface area contributed by atoms with Crippen LogP contribution in [0.3, 0.4) is 0 Å². The van der Waals surface area contributed by atoms with Gasteiger partial charge in [0.15, 0.2) is 21.4 Å². The quantitative estimate of drug-likeness (QED) is 0.826. The first-order valence-corrected chi connectivity index (χ1v) is 7.91. The number of sulfone groups is 1. The molecular weight excluding hydrogens is 311 g/mol. The molecule has 0 aliphatic rings. The summed E-state index contributed by atoms with van der Waals surface area (Å²) in [7, 11) is -3.50. The minimum atomic E-state index is -3.50. The smallest absolute Gasteiger partial charge is 0.180 e. The van der Waals surface area contributed by atoms with Gasteiger partial charge in [-0.3, -0.25) is 0 Å². The predicted molar refractivity (Wildman–Crippen MR) is 77.8 cm³/mol. The van der Waals surface area contributed by atoms with E-state index in [0.29, 0.717) is 5.69 Å². The van der Waals surface area contributed by atoms with E-state index in [1.807, 2.05) is 0 Å². The first-order chi connectivity index (χ1) is 10.4. The molecular formula is C14H13FN2O4S. The Bertz CT molecular complexity index is 789. The number of rotatable bonds is 5. The van der Waals surface area contributed by atoms with Crippen molar-refractivity contribution in [3.05, 3.63) is 48.3 Å². The van der Waals surface area contributed by atoms with Gasteiger partial charge in [0.25, 0.3) is 0 Å². The number of phenols is 1. The molecule has 0 radical (unpaired) electrons. The molecule has 8 heteroatoms. The van der Waals surface area contributed by atoms with Crippen LogP contribution in [0.2, 0.25) is 0 Å². The maximum Gasteiger partial charge on any atom is 0.180 e. The van der Waals surface area contributed by atoms with Crippen molar-refractivity contribution in [1.82, 2.24) is 0 Å². The highest BCUT2D eigenvalue weighted by Gasteiger charge is 2.12. The number of nitrogens with zero attached hydrogens (tertiary/aromatic N) is 2. The van der Waals surface area contributed by atoms with Gasteiger partial charge >= 0.3 is 0 Å². The zero-order valence-electron chi connectivity index (χ0n) is 11.3. The van der Waals surface area contributed by atoms with Gasteiger partial charge in [-0.15, -0.1) is 0 Å². The minimum Gasteiger partial charge on any atom is -0.505 e. The van der Waals surface area contributed by atoms with Gasteiger partial charge in [-0.1, -0.05) is 0 Å². The predicted octanol–water partition coefficient (Wildman–Crippen LogP) is 2.71. The summed E-state index contributed by atoms with van der Waals surface area (Å²) in [6.07, 6.45) is 0. The Morgan fingerprint density at radius 2 is 1.59 bits per heavy atom. The molecule has 116 valence electrons. The van der Waals surface area contributed by atoms with E-state index >= 15 is 0 Å². The van der Waals surface area contributed by atoms with Crippen molar-refractivity contribution >= 4 is 21.2 Å². The monoisotopic (exact) mass is 324 g/mol. The van der Waals surface area contributed by atoms with Gasteiger partial charge in [0.05, 0.1) is 28.6 Å². The number of halogens is 1. The molecule has 22 heavy (non-hydrogen) atoms. The summed E-state index contributed by atoms with van der Waals surface area (Å²) >= 11 is 0. The summed E-state index contributed by atoms with van der Waals surface area (Å²) in [6.45, 7) is -0.448. The standard InChI is InChI=1S/C14H13FN2O4S/c15-13-9-11(3-6-14(13)19)17-16-10-1-4-12(5-2-10)22(20,21)8-7-18/h1-6,9,18-19H,7-8H2. The largest absolute Gasteiger partial charge is 0.505 e. The second-order valence-corrected chi connectivity index (χ2v) is 6.48. The number of phenolic OH excluding ortho intramolecular Hbond substituents is 1. The zero-order valence-corrected chi connectivity index (χ0v) is 12.2. The van der Waals surface area contributed by atoms with Crippen molar-refractivity contribution < 1.29 is 23.0 Å². The third kappa shape index (κ3) is 3.86. The van der Waals surface area contributed by atoms with Gasteiger partial charge < -0.3 is 10.2 Å². The molecule has 0 saturated heterocycles. The lowest BCUT2D eigenvalue weighted by Gasteiger charge is -2.02. The summed E-state index contributed by atoms with van der Waals surface area (Å²) in [5.41, 5.74) is 0.601. The van der Waals surface area contributed by atoms with E-state index in [9.17, 15) is 12.8 Å². The van der Waals surface area contributed by atoms with Gasteiger partial charge in [0.2, 0.25) is 0 Å². The highest BCUT2D eigenvalue weighted by molar-refractivity contribution is 7.91. The third-order valence-electron chi connectivity index (χ3n) is 2.77. The Kier molecular flexibility index (Phi) is 4.84. The molecule has 0 unspecified atom stereocenters. The van der Waals surface area contributed by atoms with Crippen molar-refractivity contribution in [2.45, 2.75) is 4.90 Å². The van der Waals surface area contributed by atoms with Crippen LogP contribution >= 0.6 is 0 Å². The average molecular weight is 324 g/mol. The lowest BCUT2D eigenvalue weighted by molar-refractivity contribution is 0.319. The van der Waals surface area contributed by atoms with Crippen molar-refractivity contribution in [3.8, 4) is 5.75 Å². The minimum absolute atomic E-state index is 0.0798. The molecule has 0 aliphatic heterocycles. The van der Waals surface area contributed by atoms with Gasteiger partial charge in [-0.25, -0.2) is 12.8 Å². The maximum absolute atomic E-state index is 13.1. The van der Waals surface area contributed by atoms with E-state index in [0.717, 1.165) is 12.1 Å². The fourth-order valence-electron chi connectivity index (χ4n) is 1.63. The van der Waals surface area contributed by atoms with E-state index in [1.54, 1.807) is 0 Å². The Morgan fingerprint density at radius 1 is 1.00 bits per heavy atom. The fraction of sp³-hybridized carbons (Fsp3) is 0.143. The molecule has 6 nitrogen and oxygen atoms in total. The molecule has 0 aliphatic carbocycles. The summed E-state index contributed by atoms with van der Waals surface area (Å²) in [5, 5.41) is 25.4. The molecule has 2 rings (SSSR count). The number of azo groups is 1. The van der Waals surface area contributed by atoms with E-state index in [-0.39, 0.29) is 16.3 Å². The number of hydrogen-bond acceptors (Lipinski definition) is 6. The molecule has 0 spiro atoms. The fourth-order valence-corrected chi connectivity index (χ4v) is 2.66. The lowest BCUT2D eigenvalue weighted by Crippen LogP contribution is -2.09. The Balaban J connectivity index is 2.17. The molecule has 2 aromatic carbocycles. The number of benzene rings is 2. The zero-order chi connectivity index (χ0) is 16.2. The molecule has 0 aromatic heterocycles. The van der Waals surface area contributed by atoms with Crippen LogP contribution in [0.5, 0.6) is 5.75 Å². The van der Waals surface area contributed by atoms with E-state index in [4.69, 9.17) is 10.2 Å². The van der Waals surface area contributed by atoms with Crippen molar-refractivity contribution in [2.24, 2.45) is 10.2 Å². The molecule has 0 bridgehead atoms. The Morgan fingerprint density at radius 3 is 2.18 bits per heavy atom. The van der Waals surface area contributed by atoms with Crippen molar-refractivity contribution in [3.63, 3.8) is 0 Å². The molecule has 2 N–H and O–H groups in total. The number of hydrogen-bond donors (Lipinski definition) is 2. The number of aromatic hydroxyl groups is 1. The molecule has 2 aromatic rings. The second-order valence-electron chi connectivity index (χ2n) is 4.37. The topological polar surface area (TPSA) is 99.3 Å². The van der Waals surface area contributed by atoms with Crippen LogP contribution < -0.4 is 0 Å². The summed E-state index contributed by atoms with van der Waals surface area (Å²) in [5.74, 6) is -1.63. The molecule has 0 atom stereocenters. The summed E-state index contributed by atoms with van der Waals surface area (Å²) < 4.78 is 36.5. The van der Waals surface area contributed by atoms with Crippen LogP contribution in [-0.4, -0.2) is 31.0 Å². The van der Waals surface area contributed by atoms with Crippen LogP contribution in [0.1, 0.15) is 0 Å². The maximum atomic E-state index is 13.1. The highest BCUT2D eigenvalue weighted by Crippen LogP contribution is 2.24. The highest BCUT2D eigenvalue weighted by atomic mass is 32.2. The summed E-state index contributed by atoms with van der Waals surface area (Å²) in [6, 6.07) is 9.19. The SMILES string of the molecule is O=S(=O)(CCO)c1ccc(N=Nc2ccc(O)c(F)c2)cc1. The van der Waals surface area contributed by atoms with E-state index in [2.05, 4.69) is 10.2 Å². The third-order valence-corrected chi connectivity index (χ3v) is 4.48. The van der Waals surface area contributed by atoms with Crippen LogP contribution in [-0.2, 0) is 9.84 Å². The first-order valence-electron chi connectivity index (χ1n) is 6.26. The summed E-state index contributed by atoms with van der Waals surface area (Å²) in [4.78, 5) is 0.0798. The van der Waals surface area contributed by atoms with Crippen LogP contribution in [0.25, 0.3) is 0 Å². The Labute approximate surface area is 126 Å². The normalized spacial score (nSPS) is 11.9. The van der Waals surface area contributed by atoms with E-state index in [1.165, 1.54) is 30.3 Å². The first kappa shape index (κ1) is 16.1. The molecule has 0 amide bonds. The van der Waals surface area contributed by atoms with Gasteiger partial charge in [-0.05, 0) is 36.4 Å².